The van der Waals surface area contributed by atoms with Crippen LogP contribution < -0.4 is 11.5 Å². The maximum Gasteiger partial charge on any atom is 0.183 e. The fourth-order valence-corrected chi connectivity index (χ4v) is 5.59. The second-order valence-corrected chi connectivity index (χ2v) is 9.78. The van der Waals surface area contributed by atoms with Crippen molar-refractivity contribution in [3.05, 3.63) is 16.7 Å². The maximum atomic E-state index is 13.2. The van der Waals surface area contributed by atoms with Crippen LogP contribution in [0, 0.1) is 0 Å². The quantitative estimate of drug-likeness (QED) is 0.434. The Labute approximate surface area is 158 Å². The molecule has 5 rings (SSSR count). The number of nitrogen functional groups attached to an aromatic ring is 2. The molecule has 0 aliphatic carbocycles. The minimum Gasteiger partial charge on any atom is -0.397 e. The van der Waals surface area contributed by atoms with E-state index in [1.165, 1.54) is 0 Å². The molecule has 1 aromatic carbocycles. The molecule has 8 nitrogen and oxygen atoms in total. The van der Waals surface area contributed by atoms with Gasteiger partial charge in [0, 0.05) is 19.3 Å². The van der Waals surface area contributed by atoms with E-state index in [9.17, 15) is 8.42 Å². The molecular formula is C18H24N2O6S. The maximum absolute atomic E-state index is 13.2. The van der Waals surface area contributed by atoms with E-state index in [-0.39, 0.29) is 40.8 Å². The monoisotopic (exact) mass is 396 g/mol. The van der Waals surface area contributed by atoms with Gasteiger partial charge >= 0.3 is 0 Å². The van der Waals surface area contributed by atoms with Gasteiger partial charge in [-0.15, -0.1) is 0 Å². The number of ether oxygens (including phenoxy) is 4. The summed E-state index contributed by atoms with van der Waals surface area (Å²) < 4.78 is 47.7. The van der Waals surface area contributed by atoms with E-state index < -0.39 is 9.84 Å². The van der Waals surface area contributed by atoms with Crippen molar-refractivity contribution in [2.45, 2.75) is 48.6 Å². The number of epoxide rings is 4. The molecule has 0 spiro atoms. The fraction of sp³-hybridized carbons (Fsp3) is 0.667. The van der Waals surface area contributed by atoms with Crippen LogP contribution in [0.2, 0.25) is 0 Å². The predicted molar refractivity (Wildman–Crippen MR) is 97.4 cm³/mol. The second kappa shape index (κ2) is 6.31. The zero-order valence-corrected chi connectivity index (χ0v) is 15.8. The highest BCUT2D eigenvalue weighted by Crippen LogP contribution is 2.41. The zero-order chi connectivity index (χ0) is 18.8. The van der Waals surface area contributed by atoms with Gasteiger partial charge in [-0.25, -0.2) is 8.42 Å². The molecule has 4 N–H and O–H groups in total. The first-order valence-corrected chi connectivity index (χ1v) is 11.0. The minimum atomic E-state index is -3.62. The average molecular weight is 396 g/mol. The number of sulfone groups is 1. The number of rotatable bonds is 9. The Morgan fingerprint density at radius 3 is 1.63 bits per heavy atom. The first kappa shape index (κ1) is 17.7. The Morgan fingerprint density at radius 1 is 0.704 bits per heavy atom. The van der Waals surface area contributed by atoms with Crippen molar-refractivity contribution in [2.75, 3.05) is 43.6 Å². The Balaban J connectivity index is 1.66. The normalized spacial score (nSPS) is 31.0. The summed E-state index contributed by atoms with van der Waals surface area (Å²) in [5.41, 5.74) is 15.8. The van der Waals surface area contributed by atoms with Crippen LogP contribution in [0.15, 0.2) is 4.90 Å². The van der Waals surface area contributed by atoms with Gasteiger partial charge in [0.1, 0.15) is 0 Å². The van der Waals surface area contributed by atoms with Crippen LogP contribution in [-0.4, -0.2) is 65.0 Å². The molecule has 4 aliphatic rings. The fourth-order valence-electron chi connectivity index (χ4n) is 3.71. The van der Waals surface area contributed by atoms with Gasteiger partial charge in [-0.2, -0.15) is 0 Å². The van der Waals surface area contributed by atoms with E-state index in [0.717, 1.165) is 16.7 Å². The third-order valence-electron chi connectivity index (χ3n) is 5.48. The van der Waals surface area contributed by atoms with Crippen LogP contribution >= 0.6 is 0 Å². The summed E-state index contributed by atoms with van der Waals surface area (Å²) in [6.07, 6.45) is 1.80. The van der Waals surface area contributed by atoms with Crippen LogP contribution in [0.1, 0.15) is 16.7 Å². The van der Waals surface area contributed by atoms with Crippen LogP contribution in [-0.2, 0) is 48.0 Å². The van der Waals surface area contributed by atoms with Crippen LogP contribution in [0.3, 0.4) is 0 Å². The molecule has 27 heavy (non-hydrogen) atoms. The van der Waals surface area contributed by atoms with Gasteiger partial charge in [-0.3, -0.25) is 0 Å². The minimum absolute atomic E-state index is 0.0306. The zero-order valence-electron chi connectivity index (χ0n) is 15.0. The topological polar surface area (TPSA) is 136 Å². The highest BCUT2D eigenvalue weighted by molar-refractivity contribution is 7.91. The number of benzene rings is 1. The van der Waals surface area contributed by atoms with E-state index in [2.05, 4.69) is 0 Å². The summed E-state index contributed by atoms with van der Waals surface area (Å²) in [6.45, 7) is 2.48. The Bertz CT molecular complexity index is 871. The van der Waals surface area contributed by atoms with Crippen molar-refractivity contribution in [1.82, 2.24) is 0 Å². The van der Waals surface area contributed by atoms with Gasteiger partial charge in [-0.05, 0) is 16.7 Å². The first-order valence-electron chi connectivity index (χ1n) is 9.33. The van der Waals surface area contributed by atoms with E-state index >= 15 is 0 Å². The number of nitrogens with two attached hydrogens (primary N) is 2. The molecule has 0 bridgehead atoms. The first-order chi connectivity index (χ1) is 12.9. The van der Waals surface area contributed by atoms with Crippen molar-refractivity contribution < 1.29 is 27.4 Å². The Hall–Kier alpha value is -1.39. The van der Waals surface area contributed by atoms with Crippen LogP contribution in [0.25, 0.3) is 0 Å². The lowest BCUT2D eigenvalue weighted by atomic mass is 9.89. The third-order valence-corrected chi connectivity index (χ3v) is 7.38. The molecule has 0 aromatic heterocycles. The van der Waals surface area contributed by atoms with Crippen molar-refractivity contribution in [1.29, 1.82) is 0 Å². The molecule has 4 heterocycles. The summed E-state index contributed by atoms with van der Waals surface area (Å²) in [4.78, 5) is 0.169. The Kier molecular flexibility index (Phi) is 4.14. The molecule has 0 radical (unpaired) electrons. The Morgan fingerprint density at radius 2 is 1.15 bits per heavy atom. The third kappa shape index (κ3) is 3.79. The SMILES string of the molecule is Nc1c(N)c(S(=O)(=O)CC2CO2)c(CC2CO2)c(CC2CO2)c1CC1CO1. The summed E-state index contributed by atoms with van der Waals surface area (Å²) in [7, 11) is -3.62. The second-order valence-electron chi connectivity index (χ2n) is 7.81. The van der Waals surface area contributed by atoms with E-state index in [0.29, 0.717) is 51.4 Å². The molecule has 4 saturated heterocycles. The highest BCUT2D eigenvalue weighted by atomic mass is 32.2. The predicted octanol–water partition coefficient (Wildman–Crippen LogP) is -0.153. The molecule has 1 aromatic rings. The van der Waals surface area contributed by atoms with Gasteiger partial charge in [0.25, 0.3) is 0 Å². The van der Waals surface area contributed by atoms with Crippen LogP contribution in [0.5, 0.6) is 0 Å². The summed E-state index contributed by atoms with van der Waals surface area (Å²) in [5.74, 6) is -0.0698. The van der Waals surface area contributed by atoms with Gasteiger partial charge in [0.2, 0.25) is 0 Å². The molecule has 9 heteroatoms. The highest BCUT2D eigenvalue weighted by Gasteiger charge is 2.39. The summed E-state index contributed by atoms with van der Waals surface area (Å²) >= 11 is 0. The van der Waals surface area contributed by atoms with Gasteiger partial charge in [0.15, 0.2) is 9.84 Å². The number of anilines is 2. The van der Waals surface area contributed by atoms with Crippen LogP contribution in [0.4, 0.5) is 11.4 Å². The molecule has 4 aliphatic heterocycles. The van der Waals surface area contributed by atoms with E-state index in [4.69, 9.17) is 30.4 Å². The van der Waals surface area contributed by atoms with Crippen molar-refractivity contribution >= 4 is 21.2 Å². The molecule has 0 amide bonds. The van der Waals surface area contributed by atoms with Gasteiger partial charge in [0.05, 0.1) is 72.9 Å². The average Bonchev–Trinajstić information content (AvgIpc) is 3.41. The van der Waals surface area contributed by atoms with Gasteiger partial charge in [-0.1, -0.05) is 0 Å². The summed E-state index contributed by atoms with van der Waals surface area (Å²) in [6, 6.07) is 0. The largest absolute Gasteiger partial charge is 0.397 e. The number of hydrogen-bond acceptors (Lipinski definition) is 8. The van der Waals surface area contributed by atoms with Crippen molar-refractivity contribution in [2.24, 2.45) is 0 Å². The van der Waals surface area contributed by atoms with Crippen molar-refractivity contribution in [3.63, 3.8) is 0 Å². The summed E-state index contributed by atoms with van der Waals surface area (Å²) in [5, 5.41) is 0. The molecule has 4 fully saturated rings. The van der Waals surface area contributed by atoms with E-state index in [1.54, 1.807) is 0 Å². The molecule has 4 atom stereocenters. The number of hydrogen-bond donors (Lipinski definition) is 2. The van der Waals surface area contributed by atoms with Crippen molar-refractivity contribution in [3.8, 4) is 0 Å². The molecule has 148 valence electrons. The van der Waals surface area contributed by atoms with Gasteiger partial charge < -0.3 is 30.4 Å². The molecular weight excluding hydrogens is 372 g/mol. The lowest BCUT2D eigenvalue weighted by Gasteiger charge is -2.23. The smallest absolute Gasteiger partial charge is 0.183 e. The lowest BCUT2D eigenvalue weighted by molar-refractivity contribution is 0.397. The lowest BCUT2D eigenvalue weighted by Crippen LogP contribution is -2.22. The van der Waals surface area contributed by atoms with E-state index in [1.807, 2.05) is 0 Å². The molecule has 4 unspecified atom stereocenters. The molecule has 0 saturated carbocycles. The standard InChI is InChI=1S/C18H24N2O6S/c19-16-14(2-10-5-24-10)13(1-9-4-23-9)15(3-11-6-25-11)18(17(16)20)27(21,22)8-12-7-26-12/h9-12H,1-8,19-20H2.